The van der Waals surface area contributed by atoms with Crippen molar-refractivity contribution in [3.8, 4) is 11.5 Å². The maximum atomic E-state index is 12.8. The van der Waals surface area contributed by atoms with Crippen molar-refractivity contribution in [1.82, 2.24) is 10.2 Å². The minimum Gasteiger partial charge on any atom is -0.466 e. The molecule has 3 rings (SSSR count). The fourth-order valence-electron chi connectivity index (χ4n) is 3.28. The van der Waals surface area contributed by atoms with Gasteiger partial charge in [0.25, 0.3) is 0 Å². The lowest BCUT2D eigenvalue weighted by Gasteiger charge is -2.32. The molecular formula is C19H24N2O6. The van der Waals surface area contributed by atoms with E-state index in [2.05, 4.69) is 5.32 Å². The Kier molecular flexibility index (Phi) is 6.16. The molecule has 0 aromatic heterocycles. The number of rotatable bonds is 6. The van der Waals surface area contributed by atoms with Gasteiger partial charge in [-0.05, 0) is 38.0 Å². The number of piperidine rings is 1. The van der Waals surface area contributed by atoms with Crippen molar-refractivity contribution >= 4 is 17.8 Å². The highest BCUT2D eigenvalue weighted by Crippen LogP contribution is 2.33. The third-order valence-electron chi connectivity index (χ3n) is 4.65. The molecule has 1 aromatic rings. The Morgan fingerprint density at radius 2 is 2.07 bits per heavy atom. The number of benzene rings is 1. The predicted molar refractivity (Wildman–Crippen MR) is 95.8 cm³/mol. The standard InChI is InChI=1S/C19H24N2O6/c1-2-25-17(22)7-8-20-19(24)21-9-3-4-14(11-21)18(23)13-5-6-15-16(10-13)27-12-26-15/h5-6,10,14H,2-4,7-9,11-12H2,1H3,(H,20,24)/t14-/m0/s1. The van der Waals surface area contributed by atoms with Crippen LogP contribution in [-0.2, 0) is 9.53 Å². The van der Waals surface area contributed by atoms with Crippen molar-refractivity contribution in [1.29, 1.82) is 0 Å². The lowest BCUT2D eigenvalue weighted by atomic mass is 9.90. The summed E-state index contributed by atoms with van der Waals surface area (Å²) in [4.78, 5) is 38.1. The summed E-state index contributed by atoms with van der Waals surface area (Å²) in [7, 11) is 0. The molecule has 0 bridgehead atoms. The number of Topliss-reactive ketones (excluding diaryl/α,β-unsaturated/α-hetero) is 1. The van der Waals surface area contributed by atoms with Crippen LogP contribution < -0.4 is 14.8 Å². The van der Waals surface area contributed by atoms with Gasteiger partial charge in [0.05, 0.1) is 13.0 Å². The lowest BCUT2D eigenvalue weighted by molar-refractivity contribution is -0.142. The highest BCUT2D eigenvalue weighted by Gasteiger charge is 2.30. The summed E-state index contributed by atoms with van der Waals surface area (Å²) < 4.78 is 15.4. The molecule has 8 heteroatoms. The van der Waals surface area contributed by atoms with E-state index < -0.39 is 0 Å². The fourth-order valence-corrected chi connectivity index (χ4v) is 3.28. The lowest BCUT2D eigenvalue weighted by Crippen LogP contribution is -2.47. The minimum absolute atomic E-state index is 0.00248. The minimum atomic E-state index is -0.340. The number of amides is 2. The van der Waals surface area contributed by atoms with Crippen molar-refractivity contribution in [2.24, 2.45) is 5.92 Å². The number of ketones is 1. The van der Waals surface area contributed by atoms with Gasteiger partial charge in [0, 0.05) is 31.1 Å². The van der Waals surface area contributed by atoms with Gasteiger partial charge < -0.3 is 24.4 Å². The van der Waals surface area contributed by atoms with Crippen molar-refractivity contribution in [2.45, 2.75) is 26.2 Å². The molecule has 2 amide bonds. The van der Waals surface area contributed by atoms with E-state index in [0.717, 1.165) is 12.8 Å². The smallest absolute Gasteiger partial charge is 0.317 e. The third kappa shape index (κ3) is 4.69. The van der Waals surface area contributed by atoms with E-state index in [4.69, 9.17) is 14.2 Å². The van der Waals surface area contributed by atoms with Gasteiger partial charge in [0.15, 0.2) is 17.3 Å². The largest absolute Gasteiger partial charge is 0.466 e. The average Bonchev–Trinajstić information content (AvgIpc) is 3.15. The molecule has 1 saturated heterocycles. The van der Waals surface area contributed by atoms with E-state index in [-0.39, 0.29) is 43.5 Å². The van der Waals surface area contributed by atoms with E-state index in [9.17, 15) is 14.4 Å². The zero-order valence-electron chi connectivity index (χ0n) is 15.4. The van der Waals surface area contributed by atoms with Gasteiger partial charge >= 0.3 is 12.0 Å². The first-order chi connectivity index (χ1) is 13.1. The maximum Gasteiger partial charge on any atom is 0.317 e. The number of esters is 1. The first kappa shape index (κ1) is 19.0. The van der Waals surface area contributed by atoms with E-state index >= 15 is 0 Å². The SMILES string of the molecule is CCOC(=O)CCNC(=O)N1CCC[C@H](C(=O)c2ccc3c(c2)OCO3)C1. The Morgan fingerprint density at radius 1 is 1.26 bits per heavy atom. The Hall–Kier alpha value is -2.77. The number of carbonyl (C=O) groups is 3. The van der Waals surface area contributed by atoms with Crippen LogP contribution in [0.25, 0.3) is 0 Å². The van der Waals surface area contributed by atoms with Crippen molar-refractivity contribution in [3.05, 3.63) is 23.8 Å². The molecule has 8 nitrogen and oxygen atoms in total. The van der Waals surface area contributed by atoms with Gasteiger partial charge in [0.2, 0.25) is 6.79 Å². The number of hydrogen-bond acceptors (Lipinski definition) is 6. The molecule has 27 heavy (non-hydrogen) atoms. The van der Waals surface area contributed by atoms with E-state index in [0.29, 0.717) is 36.8 Å². The van der Waals surface area contributed by atoms with Gasteiger partial charge in [-0.15, -0.1) is 0 Å². The van der Waals surface area contributed by atoms with Crippen LogP contribution >= 0.6 is 0 Å². The summed E-state index contributed by atoms with van der Waals surface area (Å²) in [6, 6.07) is 4.90. The summed E-state index contributed by atoms with van der Waals surface area (Å²) in [6.45, 7) is 3.39. The van der Waals surface area contributed by atoms with Crippen LogP contribution in [0, 0.1) is 5.92 Å². The number of nitrogens with one attached hydrogen (secondary N) is 1. The molecule has 0 aliphatic carbocycles. The Balaban J connectivity index is 1.53. The second-order valence-corrected chi connectivity index (χ2v) is 6.50. The predicted octanol–water partition coefficient (Wildman–Crippen LogP) is 1.97. The molecule has 2 heterocycles. The number of carbonyl (C=O) groups excluding carboxylic acids is 3. The first-order valence-corrected chi connectivity index (χ1v) is 9.20. The molecule has 1 aromatic carbocycles. The van der Waals surface area contributed by atoms with Crippen molar-refractivity contribution in [3.63, 3.8) is 0 Å². The average molecular weight is 376 g/mol. The molecule has 146 valence electrons. The second-order valence-electron chi connectivity index (χ2n) is 6.50. The van der Waals surface area contributed by atoms with Gasteiger partial charge in [-0.2, -0.15) is 0 Å². The molecule has 1 fully saturated rings. The Morgan fingerprint density at radius 3 is 2.89 bits per heavy atom. The molecular weight excluding hydrogens is 352 g/mol. The highest BCUT2D eigenvalue weighted by atomic mass is 16.7. The van der Waals surface area contributed by atoms with Crippen LogP contribution in [0.2, 0.25) is 0 Å². The zero-order chi connectivity index (χ0) is 19.2. The summed E-state index contributed by atoms with van der Waals surface area (Å²) in [5.74, 6) is 0.614. The van der Waals surface area contributed by atoms with Crippen LogP contribution in [-0.4, -0.2) is 55.7 Å². The summed E-state index contributed by atoms with van der Waals surface area (Å²) in [6.07, 6.45) is 1.62. The van der Waals surface area contributed by atoms with Crippen LogP contribution in [0.1, 0.15) is 36.5 Å². The monoisotopic (exact) mass is 376 g/mol. The Bertz CT molecular complexity index is 720. The summed E-state index contributed by atoms with van der Waals surface area (Å²) >= 11 is 0. The quantitative estimate of drug-likeness (QED) is 0.603. The molecule has 1 atom stereocenters. The molecule has 0 saturated carbocycles. The number of urea groups is 1. The van der Waals surface area contributed by atoms with Gasteiger partial charge in [0.1, 0.15) is 0 Å². The number of nitrogens with zero attached hydrogens (tertiary/aromatic N) is 1. The van der Waals surface area contributed by atoms with Gasteiger partial charge in [-0.1, -0.05) is 0 Å². The van der Waals surface area contributed by atoms with Gasteiger partial charge in [-0.25, -0.2) is 4.79 Å². The molecule has 2 aliphatic heterocycles. The highest BCUT2D eigenvalue weighted by molar-refractivity contribution is 5.99. The van der Waals surface area contributed by atoms with Crippen molar-refractivity contribution in [2.75, 3.05) is 33.0 Å². The first-order valence-electron chi connectivity index (χ1n) is 9.20. The number of hydrogen-bond donors (Lipinski definition) is 1. The van der Waals surface area contributed by atoms with Crippen LogP contribution in [0.5, 0.6) is 11.5 Å². The molecule has 1 N–H and O–H groups in total. The van der Waals surface area contributed by atoms with Crippen molar-refractivity contribution < 1.29 is 28.6 Å². The van der Waals surface area contributed by atoms with E-state index in [1.807, 2.05) is 0 Å². The number of likely N-dealkylation sites (tertiary alicyclic amines) is 1. The summed E-state index contributed by atoms with van der Waals surface area (Å²) in [5.41, 5.74) is 0.564. The molecule has 2 aliphatic rings. The van der Waals surface area contributed by atoms with Crippen LogP contribution in [0.4, 0.5) is 4.79 Å². The fraction of sp³-hybridized carbons (Fsp3) is 0.526. The maximum absolute atomic E-state index is 12.8. The molecule has 0 radical (unpaired) electrons. The summed E-state index contributed by atoms with van der Waals surface area (Å²) in [5, 5.41) is 2.71. The van der Waals surface area contributed by atoms with E-state index in [1.165, 1.54) is 0 Å². The normalized spacial score (nSPS) is 18.1. The molecule has 0 unspecified atom stereocenters. The zero-order valence-corrected chi connectivity index (χ0v) is 15.4. The third-order valence-corrected chi connectivity index (χ3v) is 4.65. The van der Waals surface area contributed by atoms with E-state index in [1.54, 1.807) is 30.0 Å². The Labute approximate surface area is 157 Å². The number of fused-ring (bicyclic) bond motifs is 1. The second kappa shape index (κ2) is 8.75. The van der Waals surface area contributed by atoms with Gasteiger partial charge in [-0.3, -0.25) is 9.59 Å². The van der Waals surface area contributed by atoms with Crippen LogP contribution in [0.15, 0.2) is 18.2 Å². The number of ether oxygens (including phenoxy) is 3. The van der Waals surface area contributed by atoms with Crippen LogP contribution in [0.3, 0.4) is 0 Å². The molecule has 0 spiro atoms. The topological polar surface area (TPSA) is 94.2 Å².